The van der Waals surface area contributed by atoms with Gasteiger partial charge < -0.3 is 9.64 Å². The van der Waals surface area contributed by atoms with E-state index in [1.165, 1.54) is 0 Å². The van der Waals surface area contributed by atoms with Gasteiger partial charge in [-0.3, -0.25) is 4.79 Å². The zero-order chi connectivity index (χ0) is 17.0. The first kappa shape index (κ1) is 17.7. The summed E-state index contributed by atoms with van der Waals surface area (Å²) in [4.78, 5) is 13.7. The van der Waals surface area contributed by atoms with Crippen LogP contribution in [0.4, 0.5) is 3.89 Å². The van der Waals surface area contributed by atoms with Crippen LogP contribution in [0.3, 0.4) is 0 Å². The van der Waals surface area contributed by atoms with Crippen molar-refractivity contribution in [1.82, 2.24) is 4.90 Å². The summed E-state index contributed by atoms with van der Waals surface area (Å²) >= 11 is 0. The molecule has 5 nitrogen and oxygen atoms in total. The minimum atomic E-state index is -4.53. The summed E-state index contributed by atoms with van der Waals surface area (Å²) in [7, 11) is -2.92. The molecule has 1 aliphatic rings. The van der Waals surface area contributed by atoms with E-state index in [0.29, 0.717) is 6.54 Å². The van der Waals surface area contributed by atoms with Crippen molar-refractivity contribution in [2.75, 3.05) is 19.4 Å². The van der Waals surface area contributed by atoms with Crippen LogP contribution in [0.15, 0.2) is 24.3 Å². The van der Waals surface area contributed by atoms with Crippen LogP contribution in [0.2, 0.25) is 0 Å². The summed E-state index contributed by atoms with van der Waals surface area (Å²) in [6, 6.07) is 7.75. The lowest BCUT2D eigenvalue weighted by Gasteiger charge is -2.25. The summed E-state index contributed by atoms with van der Waals surface area (Å²) in [5.74, 6) is -0.311. The van der Waals surface area contributed by atoms with Gasteiger partial charge in [-0.05, 0) is 37.5 Å². The van der Waals surface area contributed by atoms with Gasteiger partial charge in [0.1, 0.15) is 5.75 Å². The maximum atomic E-state index is 12.8. The Bertz CT molecular complexity index is 645. The van der Waals surface area contributed by atoms with Crippen LogP contribution in [0.25, 0.3) is 0 Å². The molecule has 23 heavy (non-hydrogen) atoms. The molecule has 0 N–H and O–H groups in total. The van der Waals surface area contributed by atoms with Crippen molar-refractivity contribution in [3.8, 4) is 5.75 Å². The molecule has 7 heteroatoms. The van der Waals surface area contributed by atoms with Gasteiger partial charge in [0.05, 0.1) is 12.9 Å². The van der Waals surface area contributed by atoms with Gasteiger partial charge in [-0.2, -0.15) is 8.42 Å². The average Bonchev–Trinajstić information content (AvgIpc) is 2.83. The van der Waals surface area contributed by atoms with Crippen LogP contribution in [0.5, 0.6) is 5.75 Å². The number of nitrogens with zero attached hydrogens (tertiary/aromatic N) is 1. The normalized spacial score (nSPS) is 19.9. The largest absolute Gasteiger partial charge is 0.497 e. The van der Waals surface area contributed by atoms with Crippen molar-refractivity contribution in [2.24, 2.45) is 5.92 Å². The van der Waals surface area contributed by atoms with E-state index in [-0.39, 0.29) is 18.4 Å². The number of carbonyl (C=O) groups is 1. The zero-order valence-electron chi connectivity index (χ0n) is 13.4. The van der Waals surface area contributed by atoms with E-state index in [4.69, 9.17) is 4.74 Å². The smallest absolute Gasteiger partial charge is 0.302 e. The van der Waals surface area contributed by atoms with Crippen LogP contribution in [0, 0.1) is 5.92 Å². The van der Waals surface area contributed by atoms with E-state index in [9.17, 15) is 17.1 Å². The van der Waals surface area contributed by atoms with E-state index < -0.39 is 21.9 Å². The predicted octanol–water partition coefficient (Wildman–Crippen LogP) is 2.16. The molecule has 0 aromatic heterocycles. The van der Waals surface area contributed by atoms with Gasteiger partial charge >= 0.3 is 10.2 Å². The number of rotatable bonds is 7. The summed E-state index contributed by atoms with van der Waals surface area (Å²) in [5, 5.41) is 0. The molecule has 0 bridgehead atoms. The average molecular weight is 343 g/mol. The lowest BCUT2D eigenvalue weighted by Crippen LogP contribution is -2.35. The second-order valence-electron chi connectivity index (χ2n) is 6.06. The van der Waals surface area contributed by atoms with Crippen LogP contribution >= 0.6 is 0 Å². The lowest BCUT2D eigenvalue weighted by atomic mass is 10.1. The molecule has 2 unspecified atom stereocenters. The third-order valence-electron chi connectivity index (χ3n) is 4.22. The zero-order valence-corrected chi connectivity index (χ0v) is 14.2. The molecule has 1 aromatic rings. The van der Waals surface area contributed by atoms with Crippen LogP contribution < -0.4 is 4.74 Å². The molecule has 1 heterocycles. The lowest BCUT2D eigenvalue weighted by molar-refractivity contribution is -0.129. The Balaban J connectivity index is 1.87. The molecule has 0 aliphatic carbocycles. The van der Waals surface area contributed by atoms with Crippen molar-refractivity contribution in [3.63, 3.8) is 0 Å². The Labute approximate surface area is 136 Å². The van der Waals surface area contributed by atoms with Crippen molar-refractivity contribution in [2.45, 2.75) is 32.2 Å². The minimum absolute atomic E-state index is 0.00285. The Hall–Kier alpha value is -1.63. The number of carbonyl (C=O) groups excluding carboxylic acids is 1. The molecule has 1 amide bonds. The summed E-state index contributed by atoms with van der Waals surface area (Å²) in [6.45, 7) is 2.25. The molecule has 1 saturated heterocycles. The maximum absolute atomic E-state index is 12.8. The molecule has 0 radical (unpaired) electrons. The van der Waals surface area contributed by atoms with Gasteiger partial charge in [-0.25, -0.2) is 0 Å². The van der Waals surface area contributed by atoms with E-state index >= 15 is 0 Å². The monoisotopic (exact) mass is 343 g/mol. The minimum Gasteiger partial charge on any atom is -0.497 e. The first-order valence-corrected chi connectivity index (χ1v) is 9.18. The standard InChI is InChI=1S/C16H22FNO4S/c1-12(3-4-13-5-7-15(22-2)8-6-13)18-10-14(9-16(18)19)11-23(17,20)21/h5-8,12,14H,3-4,9-11H2,1-2H3. The summed E-state index contributed by atoms with van der Waals surface area (Å²) in [5.41, 5.74) is 1.15. The van der Waals surface area contributed by atoms with Gasteiger partial charge in [-0.15, -0.1) is 3.89 Å². The SMILES string of the molecule is COc1ccc(CCC(C)N2CC(CS(=O)(=O)F)CC2=O)cc1. The predicted molar refractivity (Wildman–Crippen MR) is 85.5 cm³/mol. The Morgan fingerprint density at radius 3 is 2.57 bits per heavy atom. The van der Waals surface area contributed by atoms with Gasteiger partial charge in [0.15, 0.2) is 0 Å². The molecular formula is C16H22FNO4S. The number of likely N-dealkylation sites (tertiary alicyclic amines) is 1. The number of ether oxygens (including phenoxy) is 1. The molecular weight excluding hydrogens is 321 g/mol. The quantitative estimate of drug-likeness (QED) is 0.712. The molecule has 2 rings (SSSR count). The Kier molecular flexibility index (Phi) is 5.62. The van der Waals surface area contributed by atoms with E-state index in [0.717, 1.165) is 24.2 Å². The number of hydrogen-bond donors (Lipinski definition) is 0. The molecule has 128 valence electrons. The number of amides is 1. The van der Waals surface area contributed by atoms with Gasteiger partial charge in [0.25, 0.3) is 0 Å². The Morgan fingerprint density at radius 1 is 1.35 bits per heavy atom. The first-order valence-electron chi connectivity index (χ1n) is 7.63. The number of hydrogen-bond acceptors (Lipinski definition) is 4. The van der Waals surface area contributed by atoms with Gasteiger partial charge in [0, 0.05) is 24.9 Å². The highest BCUT2D eigenvalue weighted by atomic mass is 32.3. The first-order chi connectivity index (χ1) is 10.8. The van der Waals surface area contributed by atoms with Crippen LogP contribution in [-0.4, -0.2) is 44.7 Å². The number of aryl methyl sites for hydroxylation is 1. The summed E-state index contributed by atoms with van der Waals surface area (Å²) < 4.78 is 39.3. The fraction of sp³-hybridized carbons (Fsp3) is 0.562. The second kappa shape index (κ2) is 7.29. The van der Waals surface area contributed by atoms with E-state index in [2.05, 4.69) is 0 Å². The number of benzene rings is 1. The number of halogens is 1. The molecule has 2 atom stereocenters. The number of methoxy groups -OCH3 is 1. The van der Waals surface area contributed by atoms with Crippen molar-refractivity contribution < 1.29 is 21.8 Å². The van der Waals surface area contributed by atoms with Crippen LogP contribution in [0.1, 0.15) is 25.3 Å². The van der Waals surface area contributed by atoms with Crippen molar-refractivity contribution in [3.05, 3.63) is 29.8 Å². The highest BCUT2D eigenvalue weighted by Gasteiger charge is 2.34. The molecule has 1 aliphatic heterocycles. The fourth-order valence-corrected chi connectivity index (χ4v) is 3.74. The maximum Gasteiger partial charge on any atom is 0.302 e. The van der Waals surface area contributed by atoms with Gasteiger partial charge in [0.2, 0.25) is 5.91 Å². The molecule has 0 spiro atoms. The highest BCUT2D eigenvalue weighted by molar-refractivity contribution is 7.86. The van der Waals surface area contributed by atoms with Gasteiger partial charge in [-0.1, -0.05) is 12.1 Å². The van der Waals surface area contributed by atoms with Crippen molar-refractivity contribution >= 4 is 16.1 Å². The van der Waals surface area contributed by atoms with Crippen molar-refractivity contribution in [1.29, 1.82) is 0 Å². The molecule has 1 fully saturated rings. The topological polar surface area (TPSA) is 63.7 Å². The van der Waals surface area contributed by atoms with Crippen LogP contribution in [-0.2, 0) is 21.4 Å². The fourth-order valence-electron chi connectivity index (χ4n) is 2.95. The Morgan fingerprint density at radius 2 is 2.00 bits per heavy atom. The highest BCUT2D eigenvalue weighted by Crippen LogP contribution is 2.24. The van der Waals surface area contributed by atoms with E-state index in [1.807, 2.05) is 31.2 Å². The molecule has 0 saturated carbocycles. The summed E-state index contributed by atoms with van der Waals surface area (Å²) in [6.07, 6.45) is 1.68. The third kappa shape index (κ3) is 5.20. The third-order valence-corrected chi connectivity index (χ3v) is 5.08. The van der Waals surface area contributed by atoms with E-state index in [1.54, 1.807) is 12.0 Å². The molecule has 1 aromatic carbocycles. The second-order valence-corrected chi connectivity index (χ2v) is 7.47.